The van der Waals surface area contributed by atoms with Crippen LogP contribution in [0.1, 0.15) is 34.6 Å². The molecular weight excluding hydrogens is 362 g/mol. The Labute approximate surface area is 163 Å². The minimum absolute atomic E-state index is 0.0615. The first-order valence-electron chi connectivity index (χ1n) is 8.93. The molecule has 0 radical (unpaired) electrons. The Bertz CT molecular complexity index is 807. The number of furan rings is 1. The van der Waals surface area contributed by atoms with Crippen molar-refractivity contribution >= 4 is 17.2 Å². The Kier molecular flexibility index (Phi) is 6.54. The van der Waals surface area contributed by atoms with Crippen molar-refractivity contribution in [3.63, 3.8) is 0 Å². The van der Waals surface area contributed by atoms with E-state index in [2.05, 4.69) is 0 Å². The molecule has 0 N–H and O–H groups in total. The van der Waals surface area contributed by atoms with Crippen molar-refractivity contribution in [1.82, 2.24) is 4.90 Å². The predicted molar refractivity (Wildman–Crippen MR) is 105 cm³/mol. The first-order chi connectivity index (χ1) is 13.2. The Morgan fingerprint density at radius 3 is 2.56 bits per heavy atom. The highest BCUT2D eigenvalue weighted by atomic mass is 32.1. The summed E-state index contributed by atoms with van der Waals surface area (Å²) in [6.07, 6.45) is 3.28. The highest BCUT2D eigenvalue weighted by Crippen LogP contribution is 2.29. The second kappa shape index (κ2) is 9.28. The van der Waals surface area contributed by atoms with E-state index in [4.69, 9.17) is 13.9 Å². The van der Waals surface area contributed by atoms with Crippen molar-refractivity contribution in [3.8, 4) is 11.5 Å². The van der Waals surface area contributed by atoms with Crippen LogP contribution in [0.25, 0.3) is 0 Å². The second-order valence-electron chi connectivity index (χ2n) is 5.90. The molecule has 0 spiro atoms. The van der Waals surface area contributed by atoms with Crippen LogP contribution < -0.4 is 9.47 Å². The Hall–Kier alpha value is -2.73. The van der Waals surface area contributed by atoms with Gasteiger partial charge in [0.1, 0.15) is 0 Å². The van der Waals surface area contributed by atoms with E-state index in [9.17, 15) is 4.79 Å². The number of hydrogen-bond acceptors (Lipinski definition) is 5. The normalized spacial score (nSPS) is 10.6. The molecule has 0 saturated heterocycles. The third-order valence-electron chi connectivity index (χ3n) is 3.96. The van der Waals surface area contributed by atoms with E-state index in [0.29, 0.717) is 43.4 Å². The van der Waals surface area contributed by atoms with Crippen LogP contribution in [0, 0.1) is 0 Å². The molecule has 0 saturated carbocycles. The number of benzene rings is 1. The Morgan fingerprint density at radius 2 is 1.89 bits per heavy atom. The molecule has 27 heavy (non-hydrogen) atoms. The fraction of sp³-hybridized carbons (Fsp3) is 0.286. The molecular formula is C21H23NO4S. The van der Waals surface area contributed by atoms with Crippen LogP contribution >= 0.6 is 11.3 Å². The smallest absolute Gasteiger partial charge is 0.254 e. The summed E-state index contributed by atoms with van der Waals surface area (Å²) in [5.74, 6) is 1.17. The van der Waals surface area contributed by atoms with Crippen LogP contribution in [0.3, 0.4) is 0 Å². The summed E-state index contributed by atoms with van der Waals surface area (Å²) >= 11 is 1.63. The molecule has 0 aliphatic heterocycles. The van der Waals surface area contributed by atoms with Gasteiger partial charge in [-0.25, -0.2) is 0 Å². The van der Waals surface area contributed by atoms with Crippen LogP contribution in [-0.2, 0) is 13.1 Å². The zero-order valence-corrected chi connectivity index (χ0v) is 16.3. The summed E-state index contributed by atoms with van der Waals surface area (Å²) in [5, 5.41) is 2.01. The minimum Gasteiger partial charge on any atom is -0.490 e. The third-order valence-corrected chi connectivity index (χ3v) is 4.82. The molecule has 2 heterocycles. The SMILES string of the molecule is CCOc1ccc(C(=O)N(Cc2ccoc2)Cc2cccs2)cc1OCC. The number of ether oxygens (including phenoxy) is 2. The average Bonchev–Trinajstić information content (AvgIpc) is 3.36. The molecule has 5 nitrogen and oxygen atoms in total. The minimum atomic E-state index is -0.0615. The van der Waals surface area contributed by atoms with Gasteiger partial charge in [-0.05, 0) is 49.6 Å². The molecule has 0 aliphatic rings. The Morgan fingerprint density at radius 1 is 1.07 bits per heavy atom. The van der Waals surface area contributed by atoms with Crippen LogP contribution in [0.4, 0.5) is 0 Å². The van der Waals surface area contributed by atoms with Gasteiger partial charge in [0.05, 0.1) is 32.3 Å². The molecule has 0 fully saturated rings. The molecule has 142 valence electrons. The van der Waals surface area contributed by atoms with E-state index in [1.54, 1.807) is 42.1 Å². The molecule has 0 bridgehead atoms. The summed E-state index contributed by atoms with van der Waals surface area (Å²) < 4.78 is 16.4. The number of hydrogen-bond donors (Lipinski definition) is 0. The largest absolute Gasteiger partial charge is 0.490 e. The topological polar surface area (TPSA) is 51.9 Å². The zero-order chi connectivity index (χ0) is 19.1. The van der Waals surface area contributed by atoms with Crippen LogP contribution in [-0.4, -0.2) is 24.0 Å². The lowest BCUT2D eigenvalue weighted by Gasteiger charge is -2.22. The summed E-state index contributed by atoms with van der Waals surface area (Å²) in [5.41, 5.74) is 1.53. The molecule has 1 aromatic carbocycles. The maximum Gasteiger partial charge on any atom is 0.254 e. The molecule has 0 atom stereocenters. The van der Waals surface area contributed by atoms with Gasteiger partial charge in [-0.3, -0.25) is 4.79 Å². The maximum absolute atomic E-state index is 13.2. The highest BCUT2D eigenvalue weighted by Gasteiger charge is 2.19. The van der Waals surface area contributed by atoms with Gasteiger partial charge in [-0.1, -0.05) is 6.07 Å². The lowest BCUT2D eigenvalue weighted by atomic mass is 10.1. The number of nitrogens with zero attached hydrogens (tertiary/aromatic N) is 1. The zero-order valence-electron chi connectivity index (χ0n) is 15.5. The van der Waals surface area contributed by atoms with E-state index in [1.807, 2.05) is 42.3 Å². The first-order valence-corrected chi connectivity index (χ1v) is 9.81. The van der Waals surface area contributed by atoms with Gasteiger partial charge in [0.2, 0.25) is 0 Å². The van der Waals surface area contributed by atoms with Crippen molar-refractivity contribution in [3.05, 3.63) is 70.3 Å². The molecule has 1 amide bonds. The summed E-state index contributed by atoms with van der Waals surface area (Å²) in [6.45, 7) is 5.89. The van der Waals surface area contributed by atoms with Gasteiger partial charge in [-0.15, -0.1) is 11.3 Å². The van der Waals surface area contributed by atoms with Crippen molar-refractivity contribution in [1.29, 1.82) is 0 Å². The number of thiophene rings is 1. The van der Waals surface area contributed by atoms with E-state index in [0.717, 1.165) is 10.4 Å². The monoisotopic (exact) mass is 385 g/mol. The fourth-order valence-corrected chi connectivity index (χ4v) is 3.48. The van der Waals surface area contributed by atoms with Gasteiger partial charge in [0, 0.05) is 22.5 Å². The summed E-state index contributed by atoms with van der Waals surface area (Å²) in [4.78, 5) is 16.2. The van der Waals surface area contributed by atoms with Gasteiger partial charge >= 0.3 is 0 Å². The van der Waals surface area contributed by atoms with Crippen molar-refractivity contribution in [2.24, 2.45) is 0 Å². The van der Waals surface area contributed by atoms with Crippen molar-refractivity contribution < 1.29 is 18.7 Å². The highest BCUT2D eigenvalue weighted by molar-refractivity contribution is 7.09. The lowest BCUT2D eigenvalue weighted by molar-refractivity contribution is 0.0731. The first kappa shape index (κ1) is 19.0. The molecule has 3 rings (SSSR count). The summed E-state index contributed by atoms with van der Waals surface area (Å²) in [7, 11) is 0. The molecule has 3 aromatic rings. The van der Waals surface area contributed by atoms with Crippen molar-refractivity contribution in [2.75, 3.05) is 13.2 Å². The predicted octanol–water partition coefficient (Wildman–Crippen LogP) is 4.98. The van der Waals surface area contributed by atoms with Gasteiger partial charge < -0.3 is 18.8 Å². The lowest BCUT2D eigenvalue weighted by Crippen LogP contribution is -2.29. The molecule has 6 heteroatoms. The van der Waals surface area contributed by atoms with E-state index < -0.39 is 0 Å². The van der Waals surface area contributed by atoms with Gasteiger partial charge in [0.25, 0.3) is 5.91 Å². The van der Waals surface area contributed by atoms with Gasteiger partial charge in [-0.2, -0.15) is 0 Å². The number of rotatable bonds is 9. The van der Waals surface area contributed by atoms with Crippen molar-refractivity contribution in [2.45, 2.75) is 26.9 Å². The maximum atomic E-state index is 13.2. The van der Waals surface area contributed by atoms with Crippen LogP contribution in [0.5, 0.6) is 11.5 Å². The molecule has 0 unspecified atom stereocenters. The quantitative estimate of drug-likeness (QED) is 0.521. The van der Waals surface area contributed by atoms with Crippen LogP contribution in [0.2, 0.25) is 0 Å². The second-order valence-corrected chi connectivity index (χ2v) is 6.93. The number of carbonyl (C=O) groups excluding carboxylic acids is 1. The Balaban J connectivity index is 1.86. The van der Waals surface area contributed by atoms with Crippen LogP contribution in [0.15, 0.2) is 58.7 Å². The standard InChI is InChI=1S/C21H23NO4S/c1-3-25-19-8-7-17(12-20(19)26-4-2)21(23)22(13-16-9-10-24-15-16)14-18-6-5-11-27-18/h5-12,15H,3-4,13-14H2,1-2H3. The molecule has 2 aromatic heterocycles. The number of carbonyl (C=O) groups is 1. The average molecular weight is 385 g/mol. The van der Waals surface area contributed by atoms with E-state index in [-0.39, 0.29) is 5.91 Å². The van der Waals surface area contributed by atoms with Gasteiger partial charge in [0.15, 0.2) is 11.5 Å². The van der Waals surface area contributed by atoms with E-state index in [1.165, 1.54) is 0 Å². The fourth-order valence-electron chi connectivity index (χ4n) is 2.76. The summed E-state index contributed by atoms with van der Waals surface area (Å²) in [6, 6.07) is 11.2. The van der Waals surface area contributed by atoms with E-state index >= 15 is 0 Å². The molecule has 0 aliphatic carbocycles. The number of amides is 1. The third kappa shape index (κ3) is 4.92.